The molecular formula is C16H23NO3S. The fraction of sp³-hybridized carbons (Fsp3) is 0.625. The molecule has 0 saturated heterocycles. The molecular weight excluding hydrogens is 286 g/mol. The zero-order valence-corrected chi connectivity index (χ0v) is 13.5. The number of aliphatic carboxylic acids is 1. The Morgan fingerprint density at radius 3 is 2.52 bits per heavy atom. The summed E-state index contributed by atoms with van der Waals surface area (Å²) in [6.07, 6.45) is 4.27. The van der Waals surface area contributed by atoms with Crippen LogP contribution in [0.3, 0.4) is 0 Å². The zero-order chi connectivity index (χ0) is 15.5. The van der Waals surface area contributed by atoms with Crippen molar-refractivity contribution in [3.63, 3.8) is 0 Å². The van der Waals surface area contributed by atoms with Crippen molar-refractivity contribution in [3.8, 4) is 0 Å². The van der Waals surface area contributed by atoms with Crippen LogP contribution in [-0.4, -0.2) is 28.9 Å². The van der Waals surface area contributed by atoms with Crippen LogP contribution in [0.2, 0.25) is 0 Å². The quantitative estimate of drug-likeness (QED) is 0.875. The molecule has 4 nitrogen and oxygen atoms in total. The van der Waals surface area contributed by atoms with E-state index in [-0.39, 0.29) is 17.7 Å². The van der Waals surface area contributed by atoms with Gasteiger partial charge in [0.05, 0.1) is 13.0 Å². The molecule has 2 rings (SSSR count). The molecule has 0 aromatic carbocycles. The van der Waals surface area contributed by atoms with E-state index >= 15 is 0 Å². The average Bonchev–Trinajstić information content (AvgIpc) is 2.99. The van der Waals surface area contributed by atoms with Crippen LogP contribution in [0.5, 0.6) is 0 Å². The van der Waals surface area contributed by atoms with Crippen LogP contribution < -0.4 is 0 Å². The van der Waals surface area contributed by atoms with Gasteiger partial charge in [0.1, 0.15) is 0 Å². The summed E-state index contributed by atoms with van der Waals surface area (Å²) >= 11 is 1.66. The first kappa shape index (κ1) is 16.0. The molecule has 1 aromatic rings. The van der Waals surface area contributed by atoms with Gasteiger partial charge >= 0.3 is 5.97 Å². The van der Waals surface area contributed by atoms with Gasteiger partial charge in [-0.25, -0.2) is 0 Å². The molecule has 0 unspecified atom stereocenters. The van der Waals surface area contributed by atoms with E-state index in [4.69, 9.17) is 5.11 Å². The van der Waals surface area contributed by atoms with Gasteiger partial charge < -0.3 is 10.0 Å². The Hall–Kier alpha value is -1.36. The summed E-state index contributed by atoms with van der Waals surface area (Å²) in [6.45, 7) is 2.67. The molecule has 1 N–H and O–H groups in total. The number of carbonyl (C=O) groups is 2. The summed E-state index contributed by atoms with van der Waals surface area (Å²) in [6, 6.07) is 2.06. The van der Waals surface area contributed by atoms with Gasteiger partial charge in [-0.1, -0.05) is 12.8 Å². The predicted molar refractivity (Wildman–Crippen MR) is 83.3 cm³/mol. The number of nitrogens with zero attached hydrogens (tertiary/aromatic N) is 1. The number of amides is 1. The van der Waals surface area contributed by atoms with E-state index in [2.05, 4.69) is 6.07 Å². The molecule has 0 spiro atoms. The molecule has 21 heavy (non-hydrogen) atoms. The number of rotatable bonds is 6. The molecule has 1 saturated carbocycles. The summed E-state index contributed by atoms with van der Waals surface area (Å²) in [4.78, 5) is 26.5. The van der Waals surface area contributed by atoms with Gasteiger partial charge in [0.25, 0.3) is 0 Å². The highest BCUT2D eigenvalue weighted by Crippen LogP contribution is 2.44. The summed E-state index contributed by atoms with van der Waals surface area (Å²) < 4.78 is 0. The number of carboxylic acid groups (broad SMARTS) is 1. The Morgan fingerprint density at radius 1 is 1.33 bits per heavy atom. The van der Waals surface area contributed by atoms with Crippen LogP contribution in [0, 0.1) is 12.3 Å². The summed E-state index contributed by atoms with van der Waals surface area (Å²) in [7, 11) is 1.81. The standard InChI is InChI=1S/C16H23NO3S/c1-12-5-8-21-13(12)11-17(2)14(18)9-16(10-15(19)20)6-3-4-7-16/h5,8H,3-4,6-7,9-11H2,1-2H3,(H,19,20). The van der Waals surface area contributed by atoms with Crippen LogP contribution in [0.1, 0.15) is 49.0 Å². The van der Waals surface area contributed by atoms with E-state index in [1.807, 2.05) is 19.4 Å². The summed E-state index contributed by atoms with van der Waals surface area (Å²) in [5, 5.41) is 11.1. The molecule has 1 amide bonds. The third-order valence-electron chi connectivity index (χ3n) is 4.49. The fourth-order valence-electron chi connectivity index (χ4n) is 3.19. The molecule has 0 atom stereocenters. The zero-order valence-electron chi connectivity index (χ0n) is 12.7. The lowest BCUT2D eigenvalue weighted by atomic mass is 9.79. The van der Waals surface area contributed by atoms with E-state index in [9.17, 15) is 9.59 Å². The monoisotopic (exact) mass is 309 g/mol. The molecule has 1 aliphatic carbocycles. The lowest BCUT2D eigenvalue weighted by Crippen LogP contribution is -2.33. The Kier molecular flexibility index (Phi) is 5.04. The van der Waals surface area contributed by atoms with Crippen LogP contribution >= 0.6 is 11.3 Å². The third-order valence-corrected chi connectivity index (χ3v) is 5.50. The van der Waals surface area contributed by atoms with Crippen molar-refractivity contribution in [3.05, 3.63) is 21.9 Å². The average molecular weight is 309 g/mol. The maximum absolute atomic E-state index is 12.5. The van der Waals surface area contributed by atoms with Crippen molar-refractivity contribution in [2.45, 2.75) is 52.0 Å². The van der Waals surface area contributed by atoms with E-state index in [0.717, 1.165) is 25.7 Å². The molecule has 116 valence electrons. The van der Waals surface area contributed by atoms with Crippen molar-refractivity contribution in [2.24, 2.45) is 5.41 Å². The van der Waals surface area contributed by atoms with Gasteiger partial charge in [-0.3, -0.25) is 9.59 Å². The second kappa shape index (κ2) is 6.60. The van der Waals surface area contributed by atoms with Gasteiger partial charge in [0.15, 0.2) is 0 Å². The Morgan fingerprint density at radius 2 is 2.00 bits per heavy atom. The Balaban J connectivity index is 1.98. The number of carbonyl (C=O) groups excluding carboxylic acids is 1. The van der Waals surface area contributed by atoms with Crippen molar-refractivity contribution >= 4 is 23.2 Å². The lowest BCUT2D eigenvalue weighted by molar-refractivity contribution is -0.141. The van der Waals surface area contributed by atoms with Gasteiger partial charge in [0.2, 0.25) is 5.91 Å². The van der Waals surface area contributed by atoms with Crippen molar-refractivity contribution < 1.29 is 14.7 Å². The van der Waals surface area contributed by atoms with E-state index in [0.29, 0.717) is 13.0 Å². The first-order valence-electron chi connectivity index (χ1n) is 7.41. The van der Waals surface area contributed by atoms with Gasteiger partial charge in [-0.05, 0) is 42.2 Å². The van der Waals surface area contributed by atoms with Crippen molar-refractivity contribution in [1.82, 2.24) is 4.90 Å². The van der Waals surface area contributed by atoms with E-state index in [1.54, 1.807) is 16.2 Å². The van der Waals surface area contributed by atoms with Gasteiger partial charge in [-0.2, -0.15) is 0 Å². The Bertz CT molecular complexity index is 517. The first-order chi connectivity index (χ1) is 9.92. The third kappa shape index (κ3) is 4.06. The second-order valence-corrected chi connectivity index (χ2v) is 7.23. The highest BCUT2D eigenvalue weighted by Gasteiger charge is 2.38. The molecule has 1 aromatic heterocycles. The first-order valence-corrected chi connectivity index (χ1v) is 8.29. The fourth-order valence-corrected chi connectivity index (χ4v) is 4.15. The molecule has 0 bridgehead atoms. The molecule has 0 aliphatic heterocycles. The maximum Gasteiger partial charge on any atom is 0.303 e. The summed E-state index contributed by atoms with van der Waals surface area (Å²) in [5.41, 5.74) is 0.891. The molecule has 1 fully saturated rings. The molecule has 5 heteroatoms. The van der Waals surface area contributed by atoms with Gasteiger partial charge in [-0.15, -0.1) is 11.3 Å². The smallest absolute Gasteiger partial charge is 0.303 e. The van der Waals surface area contributed by atoms with Crippen LogP contribution in [0.4, 0.5) is 0 Å². The lowest BCUT2D eigenvalue weighted by Gasteiger charge is -2.29. The van der Waals surface area contributed by atoms with Gasteiger partial charge in [0, 0.05) is 18.3 Å². The number of carboxylic acids is 1. The minimum Gasteiger partial charge on any atom is -0.481 e. The highest BCUT2D eigenvalue weighted by molar-refractivity contribution is 7.10. The largest absolute Gasteiger partial charge is 0.481 e. The van der Waals surface area contributed by atoms with Crippen molar-refractivity contribution in [1.29, 1.82) is 0 Å². The van der Waals surface area contributed by atoms with Crippen LogP contribution in [0.15, 0.2) is 11.4 Å². The number of hydrogen-bond donors (Lipinski definition) is 1. The number of aryl methyl sites for hydroxylation is 1. The minimum atomic E-state index is -0.790. The minimum absolute atomic E-state index is 0.0611. The number of hydrogen-bond acceptors (Lipinski definition) is 3. The normalized spacial score (nSPS) is 16.9. The van der Waals surface area contributed by atoms with Crippen molar-refractivity contribution in [2.75, 3.05) is 7.05 Å². The second-order valence-electron chi connectivity index (χ2n) is 6.23. The SMILES string of the molecule is Cc1ccsc1CN(C)C(=O)CC1(CC(=O)O)CCCC1. The number of thiophene rings is 1. The molecule has 0 radical (unpaired) electrons. The topological polar surface area (TPSA) is 57.6 Å². The van der Waals surface area contributed by atoms with E-state index in [1.165, 1.54) is 10.4 Å². The van der Waals surface area contributed by atoms with Crippen LogP contribution in [-0.2, 0) is 16.1 Å². The highest BCUT2D eigenvalue weighted by atomic mass is 32.1. The van der Waals surface area contributed by atoms with E-state index < -0.39 is 5.97 Å². The summed E-state index contributed by atoms with van der Waals surface area (Å²) in [5.74, 6) is -0.729. The maximum atomic E-state index is 12.5. The molecule has 1 aliphatic rings. The van der Waals surface area contributed by atoms with Crippen LogP contribution in [0.25, 0.3) is 0 Å². The molecule has 1 heterocycles. The Labute approximate surface area is 129 Å². The predicted octanol–water partition coefficient (Wildman–Crippen LogP) is 3.44.